The molecule has 8 heteroatoms. The van der Waals surface area contributed by atoms with Crippen molar-refractivity contribution in [2.45, 2.75) is 44.6 Å². The van der Waals surface area contributed by atoms with Crippen molar-refractivity contribution in [2.24, 2.45) is 11.0 Å². The standard InChI is InChI=1S/C28H30F2N4O2/c1-33-14-20(17-8-10-34(11-9-17)19-5-2-16(3-6-19)12-24(35)36)28-21(15-33)26-25-18(13-22(29)27(26)30)4-7-23(25)31-32-28/h4,7-8,13,15-16,19,32H,2-3,5-6,9-12,14H2,1H3,(H,35,36). The fraction of sp³-hybridized carbons (Fsp3) is 0.429. The van der Waals surface area contributed by atoms with E-state index in [9.17, 15) is 9.18 Å². The van der Waals surface area contributed by atoms with Gasteiger partial charge in [-0.2, -0.15) is 5.10 Å². The van der Waals surface area contributed by atoms with E-state index >= 15 is 4.39 Å². The number of fused-ring (bicyclic) bond motifs is 2. The van der Waals surface area contributed by atoms with Crippen LogP contribution in [0.4, 0.5) is 8.78 Å². The van der Waals surface area contributed by atoms with Crippen molar-refractivity contribution in [3.63, 3.8) is 0 Å². The van der Waals surface area contributed by atoms with Crippen molar-refractivity contribution >= 4 is 23.3 Å². The van der Waals surface area contributed by atoms with Crippen LogP contribution in [-0.2, 0) is 4.79 Å². The molecular formula is C28H30F2N4O2. The Bertz CT molecular complexity index is 1280. The van der Waals surface area contributed by atoms with Crippen molar-refractivity contribution in [1.82, 2.24) is 15.2 Å². The number of carboxylic acid groups (broad SMARTS) is 1. The summed E-state index contributed by atoms with van der Waals surface area (Å²) in [6.45, 7) is 2.43. The van der Waals surface area contributed by atoms with Gasteiger partial charge in [-0.1, -0.05) is 12.2 Å². The third-order valence-corrected chi connectivity index (χ3v) is 8.24. The molecule has 0 bridgehead atoms. The first-order valence-corrected chi connectivity index (χ1v) is 12.7. The summed E-state index contributed by atoms with van der Waals surface area (Å²) in [4.78, 5) is 15.6. The zero-order chi connectivity index (χ0) is 25.0. The van der Waals surface area contributed by atoms with Gasteiger partial charge in [0.2, 0.25) is 0 Å². The van der Waals surface area contributed by atoms with Crippen LogP contribution in [0.3, 0.4) is 0 Å². The van der Waals surface area contributed by atoms with Gasteiger partial charge in [0.25, 0.3) is 0 Å². The predicted molar refractivity (Wildman–Crippen MR) is 135 cm³/mol. The van der Waals surface area contributed by atoms with Gasteiger partial charge >= 0.3 is 5.97 Å². The highest BCUT2D eigenvalue weighted by atomic mass is 19.2. The van der Waals surface area contributed by atoms with Crippen molar-refractivity contribution in [3.05, 3.63) is 69.6 Å². The second-order valence-corrected chi connectivity index (χ2v) is 10.5. The number of allylic oxidation sites excluding steroid dienone is 2. The fourth-order valence-electron chi connectivity index (χ4n) is 6.42. The molecule has 188 valence electrons. The van der Waals surface area contributed by atoms with E-state index in [0.29, 0.717) is 40.9 Å². The third-order valence-electron chi connectivity index (χ3n) is 8.24. The van der Waals surface area contributed by atoms with Crippen molar-refractivity contribution in [1.29, 1.82) is 0 Å². The number of rotatable bonds is 4. The molecule has 3 heterocycles. The van der Waals surface area contributed by atoms with Crippen LogP contribution in [0.2, 0.25) is 0 Å². The van der Waals surface area contributed by atoms with E-state index < -0.39 is 17.6 Å². The van der Waals surface area contributed by atoms with Crippen LogP contribution in [0.25, 0.3) is 11.6 Å². The number of aliphatic carboxylic acids is 1. The molecule has 1 saturated carbocycles. The maximum atomic E-state index is 15.2. The first-order valence-electron chi connectivity index (χ1n) is 12.7. The van der Waals surface area contributed by atoms with Crippen molar-refractivity contribution in [2.75, 3.05) is 26.7 Å². The topological polar surface area (TPSA) is 68.2 Å². The molecule has 0 saturated heterocycles. The average molecular weight is 493 g/mol. The maximum Gasteiger partial charge on any atom is 0.303 e. The molecule has 0 spiro atoms. The lowest BCUT2D eigenvalue weighted by molar-refractivity contribution is -0.138. The Balaban J connectivity index is 1.28. The molecule has 6 nitrogen and oxygen atoms in total. The third kappa shape index (κ3) is 3.97. The predicted octanol–water partition coefficient (Wildman–Crippen LogP) is 4.50. The largest absolute Gasteiger partial charge is 0.481 e. The lowest BCUT2D eigenvalue weighted by Crippen LogP contribution is -2.41. The quantitative estimate of drug-likeness (QED) is 0.648. The summed E-state index contributed by atoms with van der Waals surface area (Å²) < 4.78 is 29.8. The number of likely N-dealkylation sites (N-methyl/N-ethyl adjacent to an activating group) is 1. The summed E-state index contributed by atoms with van der Waals surface area (Å²) in [5.74, 6) is -2.09. The minimum absolute atomic E-state index is 0.272. The van der Waals surface area contributed by atoms with Crippen molar-refractivity contribution in [3.8, 4) is 0 Å². The van der Waals surface area contributed by atoms with E-state index in [0.717, 1.165) is 56.5 Å². The van der Waals surface area contributed by atoms with Crippen LogP contribution >= 0.6 is 0 Å². The average Bonchev–Trinajstić information content (AvgIpc) is 3.17. The summed E-state index contributed by atoms with van der Waals surface area (Å²) in [7, 11) is 1.96. The summed E-state index contributed by atoms with van der Waals surface area (Å²) in [5.41, 5.74) is 9.06. The van der Waals surface area contributed by atoms with Gasteiger partial charge in [-0.15, -0.1) is 0 Å². The van der Waals surface area contributed by atoms with Crippen molar-refractivity contribution < 1.29 is 18.7 Å². The number of hydrazone groups is 1. The second-order valence-electron chi connectivity index (χ2n) is 10.5. The Morgan fingerprint density at radius 2 is 2.00 bits per heavy atom. The smallest absolute Gasteiger partial charge is 0.303 e. The van der Waals surface area contributed by atoms with E-state index in [1.165, 1.54) is 11.6 Å². The maximum absolute atomic E-state index is 15.2. The highest BCUT2D eigenvalue weighted by Gasteiger charge is 2.34. The van der Waals surface area contributed by atoms with E-state index in [4.69, 9.17) is 5.11 Å². The van der Waals surface area contributed by atoms with Gasteiger partial charge in [-0.3, -0.25) is 15.1 Å². The highest BCUT2D eigenvalue weighted by molar-refractivity contribution is 6.20. The molecule has 0 radical (unpaired) electrons. The van der Waals surface area contributed by atoms with Crippen LogP contribution in [0, 0.1) is 17.6 Å². The van der Waals surface area contributed by atoms with Gasteiger partial charge in [-0.25, -0.2) is 8.78 Å². The summed E-state index contributed by atoms with van der Waals surface area (Å²) in [5, 5.41) is 13.7. The van der Waals surface area contributed by atoms with Gasteiger partial charge in [-0.05, 0) is 61.3 Å². The molecule has 1 aromatic rings. The highest BCUT2D eigenvalue weighted by Crippen LogP contribution is 2.41. The van der Waals surface area contributed by atoms with E-state index in [1.807, 2.05) is 18.1 Å². The Hall–Kier alpha value is -3.26. The molecule has 0 aromatic heterocycles. The van der Waals surface area contributed by atoms with E-state index in [2.05, 4.69) is 21.5 Å². The number of nitrogens with one attached hydrogen (secondary N) is 1. The zero-order valence-electron chi connectivity index (χ0n) is 20.4. The lowest BCUT2D eigenvalue weighted by Gasteiger charge is -2.39. The number of nitrogens with zero attached hydrogens (tertiary/aromatic N) is 3. The monoisotopic (exact) mass is 492 g/mol. The fourth-order valence-corrected chi connectivity index (χ4v) is 6.42. The van der Waals surface area contributed by atoms with E-state index in [-0.39, 0.29) is 12.0 Å². The molecule has 2 aliphatic carbocycles. The van der Waals surface area contributed by atoms with Crippen LogP contribution in [-0.4, -0.2) is 59.3 Å². The Kier molecular flexibility index (Phi) is 5.79. The SMILES string of the molecule is CN1C=C2C(=C(C3=CCN(C4CCC(CC(=O)O)CC4)CC3)C1)NN=C1C=Cc3cc(F)c(F)c2c31. The molecule has 0 amide bonds. The number of halogens is 2. The van der Waals surface area contributed by atoms with Gasteiger partial charge in [0.1, 0.15) is 0 Å². The van der Waals surface area contributed by atoms with Gasteiger partial charge in [0.15, 0.2) is 11.6 Å². The normalized spacial score (nSPS) is 25.4. The number of hydrogen-bond acceptors (Lipinski definition) is 5. The Morgan fingerprint density at radius 3 is 2.72 bits per heavy atom. The molecule has 6 rings (SSSR count). The molecule has 1 aromatic carbocycles. The summed E-state index contributed by atoms with van der Waals surface area (Å²) in [6.07, 6.45) is 12.9. The number of carbonyl (C=O) groups is 1. The van der Waals surface area contributed by atoms with Gasteiger partial charge in [0.05, 0.1) is 11.4 Å². The van der Waals surface area contributed by atoms with E-state index in [1.54, 1.807) is 12.2 Å². The Morgan fingerprint density at radius 1 is 1.19 bits per heavy atom. The Labute approximate surface area is 209 Å². The molecule has 1 fully saturated rings. The summed E-state index contributed by atoms with van der Waals surface area (Å²) >= 11 is 0. The minimum Gasteiger partial charge on any atom is -0.481 e. The molecule has 5 aliphatic rings. The molecule has 0 atom stereocenters. The first-order chi connectivity index (χ1) is 17.4. The van der Waals surface area contributed by atoms with Crippen LogP contribution < -0.4 is 5.43 Å². The molecule has 2 N–H and O–H groups in total. The number of benzene rings is 1. The van der Waals surface area contributed by atoms with Crippen LogP contribution in [0.1, 0.15) is 55.2 Å². The molecule has 36 heavy (non-hydrogen) atoms. The first kappa shape index (κ1) is 23.2. The number of carboxylic acids is 1. The summed E-state index contributed by atoms with van der Waals surface area (Å²) in [6, 6.07) is 1.73. The lowest BCUT2D eigenvalue weighted by atomic mass is 9.82. The molecular weight excluding hydrogens is 462 g/mol. The van der Waals surface area contributed by atoms with Crippen LogP contribution in [0.5, 0.6) is 0 Å². The zero-order valence-corrected chi connectivity index (χ0v) is 20.4. The minimum atomic E-state index is -0.850. The van der Waals surface area contributed by atoms with Gasteiger partial charge < -0.3 is 10.0 Å². The van der Waals surface area contributed by atoms with Gasteiger partial charge in [0, 0.05) is 67.6 Å². The molecule has 0 unspecified atom stereocenters. The molecule has 3 aliphatic heterocycles. The number of hydrogen-bond donors (Lipinski definition) is 2. The van der Waals surface area contributed by atoms with Crippen LogP contribution in [0.15, 0.2) is 46.4 Å². The second kappa shape index (κ2) is 9.00.